The summed E-state index contributed by atoms with van der Waals surface area (Å²) in [6, 6.07) is 11.5. The lowest BCUT2D eigenvalue weighted by molar-refractivity contribution is 0.0992. The topological polar surface area (TPSA) is 89.4 Å². The van der Waals surface area contributed by atoms with Crippen molar-refractivity contribution in [3.63, 3.8) is 0 Å². The third kappa shape index (κ3) is 4.20. The lowest BCUT2D eigenvalue weighted by Gasteiger charge is -2.11. The number of nitrogens with zero attached hydrogens (tertiary/aromatic N) is 3. The zero-order valence-corrected chi connectivity index (χ0v) is 14.0. The molecule has 0 aliphatic heterocycles. The number of fused-ring (bicyclic) bond motifs is 1. The molecule has 2 N–H and O–H groups in total. The Hall–Kier alpha value is -2.77. The summed E-state index contributed by atoms with van der Waals surface area (Å²) in [5.41, 5.74) is 1.66. The standard InChI is InChI=1S/C18H20N4O3/c1-24-16-7-6-13(12-20-16)17-21-15-5-3-2-4-14(15)18(22-17)19-8-10-25-11-9-23/h2-7,12,23H,8-11H2,1H3,(H,19,21,22). The van der Waals surface area contributed by atoms with Crippen molar-refractivity contribution >= 4 is 16.7 Å². The van der Waals surface area contributed by atoms with E-state index in [1.54, 1.807) is 19.4 Å². The van der Waals surface area contributed by atoms with Crippen molar-refractivity contribution < 1.29 is 14.6 Å². The molecule has 0 spiro atoms. The summed E-state index contributed by atoms with van der Waals surface area (Å²) in [6.45, 7) is 1.42. The maximum atomic E-state index is 8.74. The van der Waals surface area contributed by atoms with E-state index in [2.05, 4.69) is 20.3 Å². The minimum atomic E-state index is 0.0189. The zero-order chi connectivity index (χ0) is 17.5. The van der Waals surface area contributed by atoms with Gasteiger partial charge in [-0.05, 0) is 18.2 Å². The average molecular weight is 340 g/mol. The van der Waals surface area contributed by atoms with Crippen LogP contribution in [0.25, 0.3) is 22.3 Å². The second-order valence-electron chi connectivity index (χ2n) is 5.26. The van der Waals surface area contributed by atoms with E-state index in [0.717, 1.165) is 22.3 Å². The van der Waals surface area contributed by atoms with Crippen LogP contribution < -0.4 is 10.1 Å². The molecule has 0 saturated carbocycles. The first-order valence-corrected chi connectivity index (χ1v) is 8.01. The Morgan fingerprint density at radius 3 is 2.72 bits per heavy atom. The van der Waals surface area contributed by atoms with Crippen LogP contribution in [0.5, 0.6) is 5.88 Å². The third-order valence-electron chi connectivity index (χ3n) is 3.58. The minimum absolute atomic E-state index is 0.0189. The average Bonchev–Trinajstić information content (AvgIpc) is 2.67. The number of para-hydroxylation sites is 1. The van der Waals surface area contributed by atoms with E-state index in [1.807, 2.05) is 30.3 Å². The van der Waals surface area contributed by atoms with Gasteiger partial charge in [0, 0.05) is 29.8 Å². The predicted octanol–water partition coefficient (Wildman–Crippen LogP) is 2.12. The zero-order valence-electron chi connectivity index (χ0n) is 14.0. The first kappa shape index (κ1) is 17.1. The van der Waals surface area contributed by atoms with Crippen LogP contribution in [0.3, 0.4) is 0 Å². The number of ether oxygens (including phenoxy) is 2. The molecule has 0 aliphatic rings. The number of hydrogen-bond donors (Lipinski definition) is 2. The molecule has 25 heavy (non-hydrogen) atoms. The Morgan fingerprint density at radius 2 is 1.96 bits per heavy atom. The SMILES string of the molecule is COc1ccc(-c2nc(NCCOCCO)c3ccccc3n2)cn1. The number of methoxy groups -OCH3 is 1. The molecule has 3 aromatic rings. The van der Waals surface area contributed by atoms with Crippen molar-refractivity contribution in [3.8, 4) is 17.3 Å². The minimum Gasteiger partial charge on any atom is -0.481 e. The summed E-state index contributed by atoms with van der Waals surface area (Å²) in [6.07, 6.45) is 1.69. The molecule has 0 saturated heterocycles. The Labute approximate surface area is 145 Å². The van der Waals surface area contributed by atoms with Gasteiger partial charge in [-0.1, -0.05) is 12.1 Å². The van der Waals surface area contributed by atoms with Gasteiger partial charge in [0.1, 0.15) is 5.82 Å². The van der Waals surface area contributed by atoms with Gasteiger partial charge in [0.05, 0.1) is 32.4 Å². The number of pyridine rings is 1. The van der Waals surface area contributed by atoms with Gasteiger partial charge in [0.25, 0.3) is 0 Å². The highest BCUT2D eigenvalue weighted by Gasteiger charge is 2.09. The fourth-order valence-electron chi connectivity index (χ4n) is 2.38. The molecule has 1 aromatic carbocycles. The van der Waals surface area contributed by atoms with Gasteiger partial charge in [0.2, 0.25) is 5.88 Å². The molecule has 0 atom stereocenters. The summed E-state index contributed by atoms with van der Waals surface area (Å²) < 4.78 is 10.4. The molecular weight excluding hydrogens is 320 g/mol. The molecule has 130 valence electrons. The normalized spacial score (nSPS) is 10.8. The Kier molecular flexibility index (Phi) is 5.71. The fraction of sp³-hybridized carbons (Fsp3) is 0.278. The molecule has 2 heterocycles. The van der Waals surface area contributed by atoms with E-state index in [-0.39, 0.29) is 6.61 Å². The van der Waals surface area contributed by atoms with E-state index in [1.165, 1.54) is 0 Å². The number of nitrogens with one attached hydrogen (secondary N) is 1. The van der Waals surface area contributed by atoms with E-state index < -0.39 is 0 Å². The van der Waals surface area contributed by atoms with Gasteiger partial charge in [0.15, 0.2) is 5.82 Å². The van der Waals surface area contributed by atoms with Crippen molar-refractivity contribution in [2.45, 2.75) is 0 Å². The highest BCUT2D eigenvalue weighted by molar-refractivity contribution is 5.90. The third-order valence-corrected chi connectivity index (χ3v) is 3.58. The van der Waals surface area contributed by atoms with Gasteiger partial charge in [-0.15, -0.1) is 0 Å². The molecular formula is C18H20N4O3. The van der Waals surface area contributed by atoms with Crippen molar-refractivity contribution in [1.29, 1.82) is 0 Å². The van der Waals surface area contributed by atoms with Crippen LogP contribution in [0.4, 0.5) is 5.82 Å². The number of aliphatic hydroxyl groups is 1. The second kappa shape index (κ2) is 8.36. The summed E-state index contributed by atoms with van der Waals surface area (Å²) in [5, 5.41) is 13.0. The van der Waals surface area contributed by atoms with Gasteiger partial charge >= 0.3 is 0 Å². The summed E-state index contributed by atoms with van der Waals surface area (Å²) in [4.78, 5) is 13.5. The lowest BCUT2D eigenvalue weighted by Crippen LogP contribution is -2.13. The lowest BCUT2D eigenvalue weighted by atomic mass is 10.2. The molecule has 7 heteroatoms. The van der Waals surface area contributed by atoms with Crippen LogP contribution in [-0.2, 0) is 4.74 Å². The van der Waals surface area contributed by atoms with E-state index >= 15 is 0 Å². The molecule has 0 aliphatic carbocycles. The highest BCUT2D eigenvalue weighted by atomic mass is 16.5. The van der Waals surface area contributed by atoms with Crippen LogP contribution in [0.1, 0.15) is 0 Å². The number of anilines is 1. The second-order valence-corrected chi connectivity index (χ2v) is 5.26. The molecule has 2 aromatic heterocycles. The quantitative estimate of drug-likeness (QED) is 0.607. The van der Waals surface area contributed by atoms with Crippen LogP contribution in [0, 0.1) is 0 Å². The maximum Gasteiger partial charge on any atom is 0.212 e. The molecule has 0 amide bonds. The van der Waals surface area contributed by atoms with Crippen molar-refractivity contribution in [2.24, 2.45) is 0 Å². The van der Waals surface area contributed by atoms with Gasteiger partial charge < -0.3 is 19.9 Å². The number of benzene rings is 1. The van der Waals surface area contributed by atoms with Crippen LogP contribution in [0.2, 0.25) is 0 Å². The summed E-state index contributed by atoms with van der Waals surface area (Å²) >= 11 is 0. The summed E-state index contributed by atoms with van der Waals surface area (Å²) in [7, 11) is 1.58. The largest absolute Gasteiger partial charge is 0.481 e. The highest BCUT2D eigenvalue weighted by Crippen LogP contribution is 2.25. The fourth-order valence-corrected chi connectivity index (χ4v) is 2.38. The Bertz CT molecular complexity index is 824. The van der Waals surface area contributed by atoms with Gasteiger partial charge in [-0.25, -0.2) is 15.0 Å². The number of hydrogen-bond acceptors (Lipinski definition) is 7. The van der Waals surface area contributed by atoms with Crippen molar-refractivity contribution in [3.05, 3.63) is 42.6 Å². The molecule has 0 bridgehead atoms. The number of rotatable bonds is 8. The molecule has 3 rings (SSSR count). The van der Waals surface area contributed by atoms with Crippen LogP contribution in [-0.4, -0.2) is 53.5 Å². The monoisotopic (exact) mass is 340 g/mol. The molecule has 0 radical (unpaired) electrons. The first-order valence-electron chi connectivity index (χ1n) is 8.01. The van der Waals surface area contributed by atoms with Crippen LogP contribution in [0.15, 0.2) is 42.6 Å². The predicted molar refractivity (Wildman–Crippen MR) is 95.7 cm³/mol. The Balaban J connectivity index is 1.88. The smallest absolute Gasteiger partial charge is 0.212 e. The molecule has 0 fully saturated rings. The number of aliphatic hydroxyl groups excluding tert-OH is 1. The van der Waals surface area contributed by atoms with Crippen LogP contribution >= 0.6 is 0 Å². The summed E-state index contributed by atoms with van der Waals surface area (Å²) in [5.74, 6) is 1.88. The van der Waals surface area contributed by atoms with Gasteiger partial charge in [-0.3, -0.25) is 0 Å². The molecule has 7 nitrogen and oxygen atoms in total. The molecule has 0 unspecified atom stereocenters. The van der Waals surface area contributed by atoms with E-state index in [9.17, 15) is 0 Å². The van der Waals surface area contributed by atoms with E-state index in [4.69, 9.17) is 14.6 Å². The Morgan fingerprint density at radius 1 is 1.08 bits per heavy atom. The first-order chi connectivity index (χ1) is 12.3. The van der Waals surface area contributed by atoms with Crippen molar-refractivity contribution in [1.82, 2.24) is 15.0 Å². The maximum absolute atomic E-state index is 8.74. The van der Waals surface area contributed by atoms with Gasteiger partial charge in [-0.2, -0.15) is 0 Å². The van der Waals surface area contributed by atoms with E-state index in [0.29, 0.717) is 31.5 Å². The number of aromatic nitrogens is 3. The van der Waals surface area contributed by atoms with Crippen molar-refractivity contribution in [2.75, 3.05) is 38.8 Å².